The van der Waals surface area contributed by atoms with Gasteiger partial charge >= 0.3 is 29.3 Å². The SMILES string of the molecule is C[Si](C)CC(O)COC(=O)C(C(=O)O)(C(=O)O)C(=O)OCC(O)C[Si](C)C. The number of hydrogen-bond donors (Lipinski definition) is 4. The molecule has 0 saturated carbocycles. The van der Waals surface area contributed by atoms with E-state index in [0.717, 1.165) is 0 Å². The van der Waals surface area contributed by atoms with Gasteiger partial charge in [-0.15, -0.1) is 0 Å². The summed E-state index contributed by atoms with van der Waals surface area (Å²) >= 11 is 0. The first-order chi connectivity index (χ1) is 12.3. The van der Waals surface area contributed by atoms with Crippen LogP contribution < -0.4 is 0 Å². The number of esters is 2. The lowest BCUT2D eigenvalue weighted by Gasteiger charge is -2.23. The van der Waals surface area contributed by atoms with E-state index in [0.29, 0.717) is 12.1 Å². The van der Waals surface area contributed by atoms with Gasteiger partial charge in [-0.3, -0.25) is 0 Å². The topological polar surface area (TPSA) is 168 Å². The summed E-state index contributed by atoms with van der Waals surface area (Å²) < 4.78 is 9.19. The highest BCUT2D eigenvalue weighted by atomic mass is 28.3. The highest BCUT2D eigenvalue weighted by Crippen LogP contribution is 2.24. The van der Waals surface area contributed by atoms with Crippen molar-refractivity contribution in [1.29, 1.82) is 0 Å². The molecule has 2 atom stereocenters. The Balaban J connectivity index is 5.31. The highest BCUT2D eigenvalue weighted by molar-refractivity contribution is 6.56. The molecule has 0 amide bonds. The Bertz CT molecular complexity index is 501. The summed E-state index contributed by atoms with van der Waals surface area (Å²) in [6, 6.07) is 0.638. The minimum Gasteiger partial charge on any atom is -0.480 e. The van der Waals surface area contributed by atoms with Crippen molar-refractivity contribution in [2.24, 2.45) is 5.41 Å². The zero-order chi connectivity index (χ0) is 21.4. The summed E-state index contributed by atoms with van der Waals surface area (Å²) in [6.07, 6.45) is -2.21. The van der Waals surface area contributed by atoms with E-state index in [1.165, 1.54) is 0 Å². The van der Waals surface area contributed by atoms with Gasteiger partial charge in [-0.1, -0.05) is 26.2 Å². The zero-order valence-electron chi connectivity index (χ0n) is 15.7. The molecule has 0 aromatic carbocycles. The lowest BCUT2D eigenvalue weighted by molar-refractivity contribution is -0.190. The lowest BCUT2D eigenvalue weighted by Crippen LogP contribution is -2.55. The Morgan fingerprint density at radius 3 is 1.30 bits per heavy atom. The van der Waals surface area contributed by atoms with Crippen LogP contribution in [0, 0.1) is 5.41 Å². The molecule has 0 spiro atoms. The van der Waals surface area contributed by atoms with Crippen LogP contribution in [0.2, 0.25) is 38.3 Å². The monoisotopic (exact) mass is 422 g/mol. The van der Waals surface area contributed by atoms with Gasteiger partial charge in [0, 0.05) is 17.6 Å². The van der Waals surface area contributed by atoms with E-state index in [9.17, 15) is 39.6 Å². The second-order valence-corrected chi connectivity index (χ2v) is 12.3. The van der Waals surface area contributed by atoms with E-state index >= 15 is 0 Å². The fraction of sp³-hybridized carbons (Fsp3) is 0.733. The van der Waals surface area contributed by atoms with E-state index in [-0.39, 0.29) is 0 Å². The van der Waals surface area contributed by atoms with Crippen molar-refractivity contribution in [3.63, 3.8) is 0 Å². The molecule has 0 saturated heterocycles. The van der Waals surface area contributed by atoms with Crippen LogP contribution >= 0.6 is 0 Å². The van der Waals surface area contributed by atoms with Gasteiger partial charge in [0.1, 0.15) is 13.2 Å². The molecule has 12 heteroatoms. The molecule has 10 nitrogen and oxygen atoms in total. The van der Waals surface area contributed by atoms with Crippen molar-refractivity contribution < 1.29 is 49.1 Å². The molecule has 2 radical (unpaired) electrons. The van der Waals surface area contributed by atoms with Crippen molar-refractivity contribution in [2.45, 2.75) is 50.5 Å². The first-order valence-electron chi connectivity index (χ1n) is 8.11. The number of carbonyl (C=O) groups excluding carboxylic acids is 2. The predicted molar refractivity (Wildman–Crippen MR) is 96.2 cm³/mol. The Labute approximate surface area is 160 Å². The fourth-order valence-electron chi connectivity index (χ4n) is 2.14. The van der Waals surface area contributed by atoms with Crippen molar-refractivity contribution >= 4 is 41.5 Å². The molecule has 154 valence electrons. The van der Waals surface area contributed by atoms with Crippen LogP contribution in [0.5, 0.6) is 0 Å². The first-order valence-corrected chi connectivity index (χ1v) is 13.5. The third-order valence-corrected chi connectivity index (χ3v) is 5.93. The van der Waals surface area contributed by atoms with Crippen molar-refractivity contribution in [3.05, 3.63) is 0 Å². The molecule has 27 heavy (non-hydrogen) atoms. The smallest absolute Gasteiger partial charge is 0.355 e. The maximum atomic E-state index is 12.2. The molecule has 0 aromatic rings. The number of ether oxygens (including phenoxy) is 2. The Morgan fingerprint density at radius 1 is 0.778 bits per heavy atom. The maximum Gasteiger partial charge on any atom is 0.355 e. The van der Waals surface area contributed by atoms with Gasteiger partial charge in [0.25, 0.3) is 0 Å². The normalized spacial score (nSPS) is 13.9. The number of hydrogen-bond acceptors (Lipinski definition) is 8. The number of carboxylic acids is 2. The Morgan fingerprint density at radius 2 is 1.07 bits per heavy atom. The van der Waals surface area contributed by atoms with E-state index in [2.05, 4.69) is 9.47 Å². The zero-order valence-corrected chi connectivity index (χ0v) is 17.7. The van der Waals surface area contributed by atoms with Gasteiger partial charge in [-0.2, -0.15) is 0 Å². The maximum absolute atomic E-state index is 12.2. The van der Waals surface area contributed by atoms with Crippen LogP contribution in [0.4, 0.5) is 0 Å². The second kappa shape index (κ2) is 11.2. The molecule has 4 N–H and O–H groups in total. The van der Waals surface area contributed by atoms with Gasteiger partial charge in [-0.05, 0) is 12.1 Å². The largest absolute Gasteiger partial charge is 0.480 e. The predicted octanol–water partition coefficient (Wildman–Crippen LogP) is -0.541. The van der Waals surface area contributed by atoms with E-state index < -0.39 is 72.3 Å². The number of aliphatic hydroxyl groups is 2. The van der Waals surface area contributed by atoms with Crippen LogP contribution in [0.15, 0.2) is 0 Å². The standard InChI is InChI=1S/C15H26O10Si2/c1-26(2)7-9(16)5-24-13(22)15(11(18)19,12(20)21)14(23)25-6-10(17)8-27(3)4/h9-10,16-17H,5-8H2,1-4H3,(H,18,19)(H,20,21). The van der Waals surface area contributed by atoms with E-state index in [1.54, 1.807) is 0 Å². The molecule has 0 aliphatic rings. The van der Waals surface area contributed by atoms with Gasteiger partial charge in [0.05, 0.1) is 12.2 Å². The van der Waals surface area contributed by atoms with Gasteiger partial charge in [-0.25, -0.2) is 19.2 Å². The van der Waals surface area contributed by atoms with Crippen LogP contribution in [0.1, 0.15) is 0 Å². The minimum absolute atomic E-state index is 0.319. The number of aliphatic hydroxyl groups excluding tert-OH is 2. The van der Waals surface area contributed by atoms with Crippen LogP contribution in [-0.4, -0.2) is 87.3 Å². The second-order valence-electron chi connectivity index (χ2n) is 6.69. The summed E-state index contributed by atoms with van der Waals surface area (Å²) in [6.45, 7) is 6.24. The number of aliphatic carboxylic acids is 2. The van der Waals surface area contributed by atoms with Gasteiger partial charge in [0.2, 0.25) is 0 Å². The highest BCUT2D eigenvalue weighted by Gasteiger charge is 2.64. The van der Waals surface area contributed by atoms with Crippen molar-refractivity contribution in [3.8, 4) is 0 Å². The Kier molecular flexibility index (Phi) is 10.4. The minimum atomic E-state index is -3.63. The quantitative estimate of drug-likeness (QED) is 0.182. The third kappa shape index (κ3) is 7.40. The molecule has 0 aromatic heterocycles. The van der Waals surface area contributed by atoms with Crippen LogP contribution in [-0.2, 0) is 28.7 Å². The molecule has 0 aliphatic heterocycles. The average Bonchev–Trinajstić information content (AvgIpc) is 2.49. The van der Waals surface area contributed by atoms with Crippen LogP contribution in [0.3, 0.4) is 0 Å². The van der Waals surface area contributed by atoms with E-state index in [4.69, 9.17) is 0 Å². The van der Waals surface area contributed by atoms with Crippen LogP contribution in [0.25, 0.3) is 0 Å². The fourth-order valence-corrected chi connectivity index (χ4v) is 4.27. The molecular formula is C15H26O10Si2. The molecule has 2 unspecified atom stereocenters. The Hall–Kier alpha value is -1.77. The van der Waals surface area contributed by atoms with Gasteiger partial charge in [0.15, 0.2) is 0 Å². The summed E-state index contributed by atoms with van der Waals surface area (Å²) in [5, 5.41) is 38.0. The number of carbonyl (C=O) groups is 4. The molecule has 0 rings (SSSR count). The molecular weight excluding hydrogens is 396 g/mol. The summed E-state index contributed by atoms with van der Waals surface area (Å²) in [7, 11) is -1.77. The summed E-state index contributed by atoms with van der Waals surface area (Å²) in [4.78, 5) is 47.3. The summed E-state index contributed by atoms with van der Waals surface area (Å²) in [5.74, 6) is -8.28. The third-order valence-electron chi connectivity index (χ3n) is 3.36. The number of carboxylic acid groups (broad SMARTS) is 2. The molecule has 0 aliphatic carbocycles. The van der Waals surface area contributed by atoms with E-state index in [1.807, 2.05) is 26.2 Å². The van der Waals surface area contributed by atoms with Crippen molar-refractivity contribution in [1.82, 2.24) is 0 Å². The molecule has 0 fully saturated rings. The van der Waals surface area contributed by atoms with Gasteiger partial charge < -0.3 is 29.9 Å². The number of rotatable bonds is 12. The average molecular weight is 423 g/mol. The lowest BCUT2D eigenvalue weighted by atomic mass is 9.88. The molecule has 0 heterocycles. The first kappa shape index (κ1) is 25.2. The summed E-state index contributed by atoms with van der Waals surface area (Å²) in [5.41, 5.74) is -3.63. The van der Waals surface area contributed by atoms with Crippen molar-refractivity contribution in [2.75, 3.05) is 13.2 Å². The molecule has 0 bridgehead atoms.